The number of nitrogen functional groups attached to an aromatic ring is 1. The summed E-state index contributed by atoms with van der Waals surface area (Å²) in [4.78, 5) is 0. The summed E-state index contributed by atoms with van der Waals surface area (Å²) in [5.41, 5.74) is 7.29. The van der Waals surface area contributed by atoms with E-state index in [0.29, 0.717) is 21.8 Å². The second-order valence-electron chi connectivity index (χ2n) is 3.18. The van der Waals surface area contributed by atoms with Gasteiger partial charge in [-0.2, -0.15) is 0 Å². The SMILES string of the molecule is Nc1c(Cl)cccc1-c1ccccc1F. The Balaban J connectivity index is 2.65. The molecule has 0 aliphatic rings. The van der Waals surface area contributed by atoms with Crippen LogP contribution in [0.2, 0.25) is 5.02 Å². The van der Waals surface area contributed by atoms with Gasteiger partial charge in [0.25, 0.3) is 0 Å². The van der Waals surface area contributed by atoms with Crippen molar-refractivity contribution in [3.63, 3.8) is 0 Å². The van der Waals surface area contributed by atoms with Crippen LogP contribution in [-0.4, -0.2) is 0 Å². The molecule has 0 radical (unpaired) electrons. The average molecular weight is 222 g/mol. The Bertz CT molecular complexity index is 497. The van der Waals surface area contributed by atoms with Crippen molar-refractivity contribution in [2.24, 2.45) is 0 Å². The minimum atomic E-state index is -0.300. The second kappa shape index (κ2) is 3.91. The highest BCUT2D eigenvalue weighted by Crippen LogP contribution is 2.32. The molecule has 0 aromatic heterocycles. The summed E-state index contributed by atoms with van der Waals surface area (Å²) in [5.74, 6) is -0.300. The first-order chi connectivity index (χ1) is 7.20. The largest absolute Gasteiger partial charge is 0.397 e. The highest BCUT2D eigenvalue weighted by molar-refractivity contribution is 6.33. The van der Waals surface area contributed by atoms with Crippen molar-refractivity contribution in [1.82, 2.24) is 0 Å². The van der Waals surface area contributed by atoms with Crippen molar-refractivity contribution in [2.75, 3.05) is 5.73 Å². The number of hydrogen-bond donors (Lipinski definition) is 1. The predicted molar refractivity (Wildman–Crippen MR) is 61.3 cm³/mol. The molecule has 3 heteroatoms. The van der Waals surface area contributed by atoms with Crippen LogP contribution in [0.25, 0.3) is 11.1 Å². The van der Waals surface area contributed by atoms with Gasteiger partial charge in [0.1, 0.15) is 5.82 Å². The van der Waals surface area contributed by atoms with Gasteiger partial charge in [0, 0.05) is 11.1 Å². The summed E-state index contributed by atoms with van der Waals surface area (Å²) in [7, 11) is 0. The van der Waals surface area contributed by atoms with E-state index in [2.05, 4.69) is 0 Å². The van der Waals surface area contributed by atoms with Gasteiger partial charge in [0.2, 0.25) is 0 Å². The fourth-order valence-corrected chi connectivity index (χ4v) is 1.63. The van der Waals surface area contributed by atoms with Crippen molar-refractivity contribution < 1.29 is 4.39 Å². The average Bonchev–Trinajstić information content (AvgIpc) is 2.23. The van der Waals surface area contributed by atoms with E-state index in [4.69, 9.17) is 17.3 Å². The van der Waals surface area contributed by atoms with Gasteiger partial charge in [-0.05, 0) is 12.1 Å². The molecule has 2 aromatic carbocycles. The molecule has 0 heterocycles. The van der Waals surface area contributed by atoms with Crippen LogP contribution in [0.1, 0.15) is 0 Å². The Labute approximate surface area is 92.3 Å². The molecule has 0 fully saturated rings. The van der Waals surface area contributed by atoms with Crippen molar-refractivity contribution >= 4 is 17.3 Å². The van der Waals surface area contributed by atoms with Crippen LogP contribution in [-0.2, 0) is 0 Å². The van der Waals surface area contributed by atoms with Gasteiger partial charge < -0.3 is 5.73 Å². The molecular weight excluding hydrogens is 213 g/mol. The van der Waals surface area contributed by atoms with Crippen LogP contribution in [0.3, 0.4) is 0 Å². The maximum atomic E-state index is 13.5. The van der Waals surface area contributed by atoms with Gasteiger partial charge in [0.15, 0.2) is 0 Å². The maximum absolute atomic E-state index is 13.5. The summed E-state index contributed by atoms with van der Waals surface area (Å²) in [6.07, 6.45) is 0. The molecule has 15 heavy (non-hydrogen) atoms. The molecule has 2 N–H and O–H groups in total. The van der Waals surface area contributed by atoms with Gasteiger partial charge in [-0.1, -0.05) is 41.9 Å². The van der Waals surface area contributed by atoms with Crippen LogP contribution in [0, 0.1) is 5.82 Å². The van der Waals surface area contributed by atoms with Crippen molar-refractivity contribution in [2.45, 2.75) is 0 Å². The Kier molecular flexibility index (Phi) is 2.60. The van der Waals surface area contributed by atoms with E-state index in [1.807, 2.05) is 0 Å². The molecule has 0 atom stereocenters. The van der Waals surface area contributed by atoms with Crippen LogP contribution >= 0.6 is 11.6 Å². The molecule has 0 saturated carbocycles. The Morgan fingerprint density at radius 1 is 0.933 bits per heavy atom. The quantitative estimate of drug-likeness (QED) is 0.730. The number of nitrogens with two attached hydrogens (primary N) is 1. The molecule has 76 valence electrons. The van der Waals surface area contributed by atoms with Crippen LogP contribution in [0.4, 0.5) is 10.1 Å². The summed E-state index contributed by atoms with van der Waals surface area (Å²) >= 11 is 5.87. The van der Waals surface area contributed by atoms with Crippen LogP contribution in [0.15, 0.2) is 42.5 Å². The van der Waals surface area contributed by atoms with Crippen LogP contribution in [0.5, 0.6) is 0 Å². The standard InChI is InChI=1S/C12H9ClFN/c13-10-6-3-5-9(12(10)15)8-4-1-2-7-11(8)14/h1-7H,15H2. The van der Waals surface area contributed by atoms with E-state index in [1.54, 1.807) is 36.4 Å². The summed E-state index contributed by atoms with van der Waals surface area (Å²) in [6, 6.07) is 11.7. The Morgan fingerprint density at radius 3 is 2.33 bits per heavy atom. The van der Waals surface area contributed by atoms with Crippen molar-refractivity contribution in [1.29, 1.82) is 0 Å². The molecule has 2 rings (SSSR count). The Hall–Kier alpha value is -1.54. The molecule has 1 nitrogen and oxygen atoms in total. The van der Waals surface area contributed by atoms with E-state index in [0.717, 1.165) is 0 Å². The van der Waals surface area contributed by atoms with E-state index >= 15 is 0 Å². The normalized spacial score (nSPS) is 10.3. The van der Waals surface area contributed by atoms with Crippen molar-refractivity contribution in [3.8, 4) is 11.1 Å². The third-order valence-electron chi connectivity index (χ3n) is 2.22. The maximum Gasteiger partial charge on any atom is 0.131 e. The lowest BCUT2D eigenvalue weighted by molar-refractivity contribution is 0.631. The lowest BCUT2D eigenvalue weighted by atomic mass is 10.0. The molecule has 0 amide bonds. The highest BCUT2D eigenvalue weighted by Gasteiger charge is 2.08. The molecule has 0 aliphatic heterocycles. The summed E-state index contributed by atoms with van der Waals surface area (Å²) in [5, 5.41) is 0.441. The smallest absolute Gasteiger partial charge is 0.131 e. The molecular formula is C12H9ClFN. The third kappa shape index (κ3) is 1.81. The lowest BCUT2D eigenvalue weighted by Crippen LogP contribution is -1.92. The third-order valence-corrected chi connectivity index (χ3v) is 2.55. The van der Waals surface area contributed by atoms with Gasteiger partial charge in [-0.3, -0.25) is 0 Å². The highest BCUT2D eigenvalue weighted by atomic mass is 35.5. The van der Waals surface area contributed by atoms with E-state index in [9.17, 15) is 4.39 Å². The lowest BCUT2D eigenvalue weighted by Gasteiger charge is -2.07. The monoisotopic (exact) mass is 221 g/mol. The zero-order valence-corrected chi connectivity index (χ0v) is 8.63. The topological polar surface area (TPSA) is 26.0 Å². The summed E-state index contributed by atoms with van der Waals surface area (Å²) < 4.78 is 13.5. The Morgan fingerprint density at radius 2 is 1.60 bits per heavy atom. The summed E-state index contributed by atoms with van der Waals surface area (Å²) in [6.45, 7) is 0. The second-order valence-corrected chi connectivity index (χ2v) is 3.59. The predicted octanol–water partition coefficient (Wildman–Crippen LogP) is 3.73. The number of anilines is 1. The first-order valence-corrected chi connectivity index (χ1v) is 4.87. The molecule has 0 spiro atoms. The fourth-order valence-electron chi connectivity index (χ4n) is 1.45. The molecule has 0 aliphatic carbocycles. The molecule has 0 saturated heterocycles. The zero-order valence-electron chi connectivity index (χ0n) is 7.87. The van der Waals surface area contributed by atoms with E-state index in [1.165, 1.54) is 6.07 Å². The van der Waals surface area contributed by atoms with Gasteiger partial charge in [-0.25, -0.2) is 4.39 Å². The van der Waals surface area contributed by atoms with Gasteiger partial charge >= 0.3 is 0 Å². The first kappa shape index (κ1) is 9.99. The number of halogens is 2. The molecule has 0 bridgehead atoms. The molecule has 0 unspecified atom stereocenters. The number of para-hydroxylation sites is 1. The first-order valence-electron chi connectivity index (χ1n) is 4.49. The molecule has 2 aromatic rings. The number of rotatable bonds is 1. The van der Waals surface area contributed by atoms with Crippen molar-refractivity contribution in [3.05, 3.63) is 53.3 Å². The fraction of sp³-hybridized carbons (Fsp3) is 0. The van der Waals surface area contributed by atoms with E-state index < -0.39 is 0 Å². The number of benzene rings is 2. The minimum absolute atomic E-state index is 0.300. The zero-order chi connectivity index (χ0) is 10.8. The number of hydrogen-bond acceptors (Lipinski definition) is 1. The van der Waals surface area contributed by atoms with Gasteiger partial charge in [0.05, 0.1) is 10.7 Å². The van der Waals surface area contributed by atoms with Crippen LogP contribution < -0.4 is 5.73 Å². The van der Waals surface area contributed by atoms with E-state index in [-0.39, 0.29) is 5.82 Å². The minimum Gasteiger partial charge on any atom is -0.397 e. The van der Waals surface area contributed by atoms with Gasteiger partial charge in [-0.15, -0.1) is 0 Å².